The van der Waals surface area contributed by atoms with Crippen LogP contribution < -0.4 is 9.47 Å². The van der Waals surface area contributed by atoms with Crippen LogP contribution in [0.15, 0.2) is 78.9 Å². The molecule has 0 amide bonds. The molecule has 28 heavy (non-hydrogen) atoms. The first-order valence-electron chi connectivity index (χ1n) is 9.48. The zero-order valence-corrected chi connectivity index (χ0v) is 16.2. The number of hydrogen-bond donors (Lipinski definition) is 0. The molecule has 1 aliphatic heterocycles. The Balaban J connectivity index is 1.67. The number of nitrogens with zero attached hydrogens (tertiary/aromatic N) is 1. The normalized spacial score (nSPS) is 19.5. The smallest absolute Gasteiger partial charge is 0.161 e. The third kappa shape index (κ3) is 3.75. The summed E-state index contributed by atoms with van der Waals surface area (Å²) in [5, 5.41) is 0. The third-order valence-electron chi connectivity index (χ3n) is 5.20. The van der Waals surface area contributed by atoms with Crippen molar-refractivity contribution in [3.63, 3.8) is 0 Å². The molecule has 3 aromatic carbocycles. The summed E-state index contributed by atoms with van der Waals surface area (Å²) in [5.41, 5.74) is 3.59. The molecule has 1 heterocycles. The highest BCUT2D eigenvalue weighted by atomic mass is 16.5. The molecule has 0 unspecified atom stereocenters. The van der Waals surface area contributed by atoms with Gasteiger partial charge in [-0.25, -0.2) is 0 Å². The maximum atomic E-state index is 6.26. The maximum Gasteiger partial charge on any atom is 0.161 e. The number of ether oxygens (including phenoxy) is 3. The van der Waals surface area contributed by atoms with Gasteiger partial charge in [-0.05, 0) is 28.8 Å². The van der Waals surface area contributed by atoms with Crippen LogP contribution in [0.3, 0.4) is 0 Å². The molecule has 0 N–H and O–H groups in total. The van der Waals surface area contributed by atoms with Crippen LogP contribution in [0.4, 0.5) is 0 Å². The minimum absolute atomic E-state index is 0.0838. The van der Waals surface area contributed by atoms with E-state index in [-0.39, 0.29) is 12.3 Å². The molecule has 0 radical (unpaired) electrons. The third-order valence-corrected chi connectivity index (χ3v) is 5.20. The lowest BCUT2D eigenvalue weighted by Gasteiger charge is -2.29. The minimum atomic E-state index is -0.0838. The molecule has 3 aromatic rings. The standard InChI is InChI=1S/C24H25NO3/c1-26-22-14-13-18(15-23(22)27-2)16-25-21(19-9-5-3-6-10-19)17-28-24(25)20-11-7-4-8-12-20/h3-15,21,24H,16-17H2,1-2H3/t21-,24+/m0/s1. The second-order valence-electron chi connectivity index (χ2n) is 6.88. The molecule has 1 aliphatic rings. The lowest BCUT2D eigenvalue weighted by Crippen LogP contribution is -2.26. The highest BCUT2D eigenvalue weighted by molar-refractivity contribution is 5.43. The predicted molar refractivity (Wildman–Crippen MR) is 109 cm³/mol. The van der Waals surface area contributed by atoms with Gasteiger partial charge in [0.25, 0.3) is 0 Å². The van der Waals surface area contributed by atoms with E-state index >= 15 is 0 Å². The molecule has 144 valence electrons. The average molecular weight is 375 g/mol. The van der Waals surface area contributed by atoms with Crippen molar-refractivity contribution in [2.24, 2.45) is 0 Å². The molecule has 0 aromatic heterocycles. The van der Waals surface area contributed by atoms with Crippen molar-refractivity contribution >= 4 is 0 Å². The van der Waals surface area contributed by atoms with E-state index in [1.54, 1.807) is 14.2 Å². The molecule has 0 spiro atoms. The minimum Gasteiger partial charge on any atom is -0.493 e. The Labute approximate surface area is 166 Å². The van der Waals surface area contributed by atoms with Gasteiger partial charge in [0.1, 0.15) is 6.23 Å². The van der Waals surface area contributed by atoms with E-state index in [4.69, 9.17) is 14.2 Å². The van der Waals surface area contributed by atoms with Crippen LogP contribution in [0.1, 0.15) is 29.0 Å². The van der Waals surface area contributed by atoms with E-state index < -0.39 is 0 Å². The average Bonchev–Trinajstić information content (AvgIpc) is 3.18. The summed E-state index contributed by atoms with van der Waals surface area (Å²) in [7, 11) is 3.32. The van der Waals surface area contributed by atoms with Crippen molar-refractivity contribution < 1.29 is 14.2 Å². The number of benzene rings is 3. The maximum absolute atomic E-state index is 6.26. The highest BCUT2D eigenvalue weighted by Crippen LogP contribution is 2.40. The predicted octanol–water partition coefficient (Wildman–Crippen LogP) is 4.98. The van der Waals surface area contributed by atoms with Gasteiger partial charge in [-0.1, -0.05) is 66.7 Å². The quantitative estimate of drug-likeness (QED) is 0.608. The van der Waals surface area contributed by atoms with Gasteiger partial charge >= 0.3 is 0 Å². The van der Waals surface area contributed by atoms with E-state index in [9.17, 15) is 0 Å². The van der Waals surface area contributed by atoms with E-state index in [0.717, 1.165) is 23.6 Å². The summed E-state index contributed by atoms with van der Waals surface area (Å²) in [6.07, 6.45) is -0.0838. The number of methoxy groups -OCH3 is 2. The zero-order valence-electron chi connectivity index (χ0n) is 16.2. The SMILES string of the molecule is COc1ccc(CN2[C@@H](c3ccccc3)OC[C@H]2c2ccccc2)cc1OC. The van der Waals surface area contributed by atoms with Gasteiger partial charge in [0.05, 0.1) is 26.9 Å². The highest BCUT2D eigenvalue weighted by Gasteiger charge is 2.36. The zero-order chi connectivity index (χ0) is 19.3. The van der Waals surface area contributed by atoms with E-state index in [2.05, 4.69) is 59.5 Å². The van der Waals surface area contributed by atoms with Crippen molar-refractivity contribution in [3.8, 4) is 11.5 Å². The molecule has 1 fully saturated rings. The van der Waals surface area contributed by atoms with Gasteiger partial charge in [-0.2, -0.15) is 0 Å². The molecule has 2 atom stereocenters. The Morgan fingerprint density at radius 2 is 1.46 bits per heavy atom. The summed E-state index contributed by atoms with van der Waals surface area (Å²) in [6.45, 7) is 1.41. The van der Waals surface area contributed by atoms with Crippen molar-refractivity contribution in [1.82, 2.24) is 4.90 Å². The Morgan fingerprint density at radius 3 is 2.11 bits per heavy atom. The van der Waals surface area contributed by atoms with Crippen LogP contribution in [0.25, 0.3) is 0 Å². The molecule has 0 aliphatic carbocycles. The summed E-state index contributed by atoms with van der Waals surface area (Å²) < 4.78 is 17.1. The Kier molecular flexibility index (Phi) is 5.60. The van der Waals surface area contributed by atoms with Gasteiger partial charge in [-0.3, -0.25) is 4.90 Å². The first kappa shape index (κ1) is 18.5. The largest absolute Gasteiger partial charge is 0.493 e. The first-order valence-corrected chi connectivity index (χ1v) is 9.48. The molecular formula is C24H25NO3. The van der Waals surface area contributed by atoms with E-state index in [0.29, 0.717) is 6.61 Å². The van der Waals surface area contributed by atoms with Crippen molar-refractivity contribution in [2.45, 2.75) is 18.8 Å². The number of hydrogen-bond acceptors (Lipinski definition) is 4. The molecule has 0 bridgehead atoms. The van der Waals surface area contributed by atoms with Crippen LogP contribution in [0, 0.1) is 0 Å². The molecule has 0 saturated carbocycles. The molecule has 4 nitrogen and oxygen atoms in total. The fraction of sp³-hybridized carbons (Fsp3) is 0.250. The topological polar surface area (TPSA) is 30.9 Å². The van der Waals surface area contributed by atoms with E-state index in [1.807, 2.05) is 24.3 Å². The molecule has 1 saturated heterocycles. The van der Waals surface area contributed by atoms with Crippen LogP contribution >= 0.6 is 0 Å². The van der Waals surface area contributed by atoms with Crippen LogP contribution in [0.2, 0.25) is 0 Å². The fourth-order valence-electron chi connectivity index (χ4n) is 3.79. The second-order valence-corrected chi connectivity index (χ2v) is 6.88. The monoisotopic (exact) mass is 375 g/mol. The van der Waals surface area contributed by atoms with Crippen molar-refractivity contribution in [3.05, 3.63) is 95.6 Å². The fourth-order valence-corrected chi connectivity index (χ4v) is 3.79. The van der Waals surface area contributed by atoms with Crippen LogP contribution in [-0.4, -0.2) is 25.7 Å². The summed E-state index contributed by atoms with van der Waals surface area (Å²) in [6, 6.07) is 27.2. The Hall–Kier alpha value is -2.82. The van der Waals surface area contributed by atoms with Gasteiger partial charge < -0.3 is 14.2 Å². The Bertz CT molecular complexity index is 851. The number of rotatable bonds is 6. The summed E-state index contributed by atoms with van der Waals surface area (Å²) in [4.78, 5) is 2.41. The molecule has 4 rings (SSSR count). The molecule has 4 heteroatoms. The van der Waals surface area contributed by atoms with Gasteiger partial charge in [0, 0.05) is 6.54 Å². The van der Waals surface area contributed by atoms with Gasteiger partial charge in [0.2, 0.25) is 0 Å². The van der Waals surface area contributed by atoms with E-state index in [1.165, 1.54) is 11.1 Å². The molecular weight excluding hydrogens is 350 g/mol. The van der Waals surface area contributed by atoms with Crippen LogP contribution in [0.5, 0.6) is 11.5 Å². The lowest BCUT2D eigenvalue weighted by atomic mass is 10.0. The Morgan fingerprint density at radius 1 is 0.821 bits per heavy atom. The van der Waals surface area contributed by atoms with Gasteiger partial charge in [0.15, 0.2) is 11.5 Å². The van der Waals surface area contributed by atoms with Gasteiger partial charge in [-0.15, -0.1) is 0 Å². The first-order chi connectivity index (χ1) is 13.8. The summed E-state index contributed by atoms with van der Waals surface area (Å²) >= 11 is 0. The van der Waals surface area contributed by atoms with Crippen molar-refractivity contribution in [2.75, 3.05) is 20.8 Å². The lowest BCUT2D eigenvalue weighted by molar-refractivity contribution is 0.0245. The van der Waals surface area contributed by atoms with Crippen LogP contribution in [-0.2, 0) is 11.3 Å². The second kappa shape index (κ2) is 8.46. The summed E-state index contributed by atoms with van der Waals surface area (Å²) in [5.74, 6) is 1.48. The van der Waals surface area contributed by atoms with Crippen molar-refractivity contribution in [1.29, 1.82) is 0 Å².